The van der Waals surface area contributed by atoms with Gasteiger partial charge in [0.2, 0.25) is 0 Å². The Bertz CT molecular complexity index is 1180. The van der Waals surface area contributed by atoms with Gasteiger partial charge >= 0.3 is 0 Å². The Balaban J connectivity index is 1.39. The molecule has 0 radical (unpaired) electrons. The Morgan fingerprint density at radius 1 is 1.10 bits per heavy atom. The lowest BCUT2D eigenvalue weighted by molar-refractivity contribution is 0.205. The van der Waals surface area contributed by atoms with E-state index >= 15 is 0 Å². The van der Waals surface area contributed by atoms with E-state index in [2.05, 4.69) is 52.1 Å². The lowest BCUT2D eigenvalue weighted by Crippen LogP contribution is -2.31. The summed E-state index contributed by atoms with van der Waals surface area (Å²) in [6.07, 6.45) is 6.95. The zero-order chi connectivity index (χ0) is 19.8. The van der Waals surface area contributed by atoms with Crippen molar-refractivity contribution in [2.24, 2.45) is 0 Å². The number of aromatic nitrogens is 2. The fraction of sp³-hybridized carbons (Fsp3) is 0.375. The van der Waals surface area contributed by atoms with Crippen LogP contribution in [-0.4, -0.2) is 41.1 Å². The molecule has 1 saturated heterocycles. The number of hydrogen-bond donors (Lipinski definition) is 1. The summed E-state index contributed by atoms with van der Waals surface area (Å²) in [6.45, 7) is 6.43. The molecule has 5 heteroatoms. The summed E-state index contributed by atoms with van der Waals surface area (Å²) in [7, 11) is 0. The third-order valence-electron chi connectivity index (χ3n) is 6.06. The van der Waals surface area contributed by atoms with Crippen molar-refractivity contribution in [3.63, 3.8) is 0 Å². The van der Waals surface area contributed by atoms with E-state index in [1.807, 2.05) is 6.20 Å². The van der Waals surface area contributed by atoms with Gasteiger partial charge < -0.3 is 14.6 Å². The first-order valence-corrected chi connectivity index (χ1v) is 10.9. The fourth-order valence-electron chi connectivity index (χ4n) is 4.54. The van der Waals surface area contributed by atoms with Crippen LogP contribution < -0.4 is 4.74 Å². The lowest BCUT2D eigenvalue weighted by atomic mass is 10.0. The van der Waals surface area contributed by atoms with Gasteiger partial charge in [-0.1, -0.05) is 24.1 Å². The van der Waals surface area contributed by atoms with Gasteiger partial charge in [0.1, 0.15) is 10.9 Å². The summed E-state index contributed by atoms with van der Waals surface area (Å²) in [5, 5.41) is 5.01. The van der Waals surface area contributed by atoms with Crippen LogP contribution in [0.4, 0.5) is 0 Å². The number of halogens is 1. The number of fused-ring (bicyclic) bond motifs is 5. The molecule has 0 saturated carbocycles. The van der Waals surface area contributed by atoms with Crippen LogP contribution in [0, 0.1) is 6.92 Å². The van der Waals surface area contributed by atoms with Crippen molar-refractivity contribution < 1.29 is 4.74 Å². The van der Waals surface area contributed by atoms with Gasteiger partial charge in [-0.05, 0) is 79.9 Å². The molecular formula is C24H26ClN3O. The first-order valence-electron chi connectivity index (χ1n) is 10.5. The van der Waals surface area contributed by atoms with Crippen LogP contribution in [0.15, 0.2) is 36.5 Å². The average Bonchev–Trinajstić information content (AvgIpc) is 3.16. The Kier molecular flexibility index (Phi) is 5.06. The van der Waals surface area contributed by atoms with E-state index in [4.69, 9.17) is 16.3 Å². The molecule has 2 aromatic carbocycles. The summed E-state index contributed by atoms with van der Waals surface area (Å²) < 4.78 is 6.06. The summed E-state index contributed by atoms with van der Waals surface area (Å²) in [5.41, 5.74) is 3.24. The molecule has 3 heterocycles. The SMILES string of the molecule is Cc1cnc(Cl)c2c1[nH]c1ccc3cc(OCCCN4CCCCC4)ccc3c12. The molecule has 0 aliphatic carbocycles. The minimum atomic E-state index is 0.544. The van der Waals surface area contributed by atoms with Crippen LogP contribution in [0.25, 0.3) is 32.6 Å². The number of hydrogen-bond acceptors (Lipinski definition) is 3. The Morgan fingerprint density at radius 3 is 2.83 bits per heavy atom. The first-order chi connectivity index (χ1) is 14.2. The van der Waals surface area contributed by atoms with Crippen molar-refractivity contribution in [2.45, 2.75) is 32.6 Å². The van der Waals surface area contributed by atoms with Crippen molar-refractivity contribution in [1.29, 1.82) is 0 Å². The average molecular weight is 408 g/mol. The second-order valence-corrected chi connectivity index (χ2v) is 8.44. The van der Waals surface area contributed by atoms with Crippen LogP contribution in [0.5, 0.6) is 5.75 Å². The number of ether oxygens (including phenoxy) is 1. The highest BCUT2D eigenvalue weighted by molar-refractivity contribution is 6.38. The highest BCUT2D eigenvalue weighted by atomic mass is 35.5. The number of piperidine rings is 1. The number of rotatable bonds is 5. The van der Waals surface area contributed by atoms with E-state index in [0.29, 0.717) is 5.15 Å². The standard InChI is InChI=1S/C24H26ClN3O/c1-16-15-26-24(25)22-21-19-8-7-18(14-17(19)6-9-20(21)27-23(16)22)29-13-5-12-28-10-3-2-4-11-28/h6-9,14-15,27H,2-5,10-13H2,1H3. The van der Waals surface area contributed by atoms with Crippen molar-refractivity contribution >= 4 is 44.2 Å². The number of aromatic amines is 1. The number of aryl methyl sites for hydroxylation is 1. The van der Waals surface area contributed by atoms with E-state index < -0.39 is 0 Å². The van der Waals surface area contributed by atoms with Crippen LogP contribution in [0.2, 0.25) is 5.15 Å². The van der Waals surface area contributed by atoms with Gasteiger partial charge in [-0.15, -0.1) is 0 Å². The number of H-pyrrole nitrogens is 1. The zero-order valence-corrected chi connectivity index (χ0v) is 17.6. The van der Waals surface area contributed by atoms with E-state index in [0.717, 1.165) is 58.1 Å². The summed E-state index contributed by atoms with van der Waals surface area (Å²) in [4.78, 5) is 10.4. The van der Waals surface area contributed by atoms with Gasteiger partial charge in [0.05, 0.1) is 12.1 Å². The highest BCUT2D eigenvalue weighted by Crippen LogP contribution is 2.37. The molecule has 0 spiro atoms. The van der Waals surface area contributed by atoms with Crippen molar-refractivity contribution in [3.05, 3.63) is 47.2 Å². The number of benzene rings is 2. The molecular weight excluding hydrogens is 382 g/mol. The molecule has 1 aliphatic rings. The fourth-order valence-corrected chi connectivity index (χ4v) is 4.78. The van der Waals surface area contributed by atoms with Crippen molar-refractivity contribution in [2.75, 3.05) is 26.2 Å². The number of pyridine rings is 1. The maximum absolute atomic E-state index is 6.47. The second-order valence-electron chi connectivity index (χ2n) is 8.08. The first kappa shape index (κ1) is 18.7. The third kappa shape index (κ3) is 3.56. The van der Waals surface area contributed by atoms with Gasteiger partial charge in [0.25, 0.3) is 0 Å². The van der Waals surface area contributed by atoms with Gasteiger partial charge in [0.15, 0.2) is 0 Å². The van der Waals surface area contributed by atoms with Crippen LogP contribution in [0.3, 0.4) is 0 Å². The summed E-state index contributed by atoms with van der Waals surface area (Å²) in [6, 6.07) is 10.6. The Hall–Kier alpha value is -2.30. The third-order valence-corrected chi connectivity index (χ3v) is 6.35. The van der Waals surface area contributed by atoms with E-state index in [1.54, 1.807) is 0 Å². The molecule has 4 aromatic rings. The van der Waals surface area contributed by atoms with Crippen LogP contribution >= 0.6 is 11.6 Å². The predicted molar refractivity (Wildman–Crippen MR) is 121 cm³/mol. The van der Waals surface area contributed by atoms with E-state index in [9.17, 15) is 0 Å². The number of likely N-dealkylation sites (tertiary alicyclic amines) is 1. The largest absolute Gasteiger partial charge is 0.494 e. The molecule has 1 N–H and O–H groups in total. The van der Waals surface area contributed by atoms with Crippen molar-refractivity contribution in [3.8, 4) is 5.75 Å². The molecule has 0 unspecified atom stereocenters. The van der Waals surface area contributed by atoms with Gasteiger partial charge in [-0.25, -0.2) is 4.98 Å². The quantitative estimate of drug-likeness (QED) is 0.321. The van der Waals surface area contributed by atoms with Gasteiger partial charge in [-0.3, -0.25) is 0 Å². The van der Waals surface area contributed by atoms with Gasteiger partial charge in [-0.2, -0.15) is 0 Å². The second kappa shape index (κ2) is 7.85. The smallest absolute Gasteiger partial charge is 0.139 e. The monoisotopic (exact) mass is 407 g/mol. The predicted octanol–water partition coefficient (Wildman–Crippen LogP) is 6.09. The molecule has 0 atom stereocenters. The molecule has 1 aliphatic heterocycles. The molecule has 2 aromatic heterocycles. The van der Waals surface area contributed by atoms with E-state index in [-0.39, 0.29) is 0 Å². The number of nitrogens with one attached hydrogen (secondary N) is 1. The maximum Gasteiger partial charge on any atom is 0.139 e. The Labute approximate surface area is 175 Å². The van der Waals surface area contributed by atoms with Gasteiger partial charge in [0, 0.05) is 29.0 Å². The molecule has 0 bridgehead atoms. The lowest BCUT2D eigenvalue weighted by Gasteiger charge is -2.26. The number of nitrogens with zero attached hydrogens (tertiary/aromatic N) is 2. The maximum atomic E-state index is 6.47. The minimum Gasteiger partial charge on any atom is -0.494 e. The Morgan fingerprint density at radius 2 is 1.97 bits per heavy atom. The normalized spacial score (nSPS) is 15.5. The van der Waals surface area contributed by atoms with E-state index in [1.165, 1.54) is 37.7 Å². The molecule has 4 nitrogen and oxygen atoms in total. The molecule has 5 rings (SSSR count). The molecule has 29 heavy (non-hydrogen) atoms. The summed E-state index contributed by atoms with van der Waals surface area (Å²) >= 11 is 6.47. The molecule has 0 amide bonds. The highest BCUT2D eigenvalue weighted by Gasteiger charge is 2.14. The van der Waals surface area contributed by atoms with Crippen LogP contribution in [0.1, 0.15) is 31.2 Å². The topological polar surface area (TPSA) is 41.1 Å². The molecule has 1 fully saturated rings. The minimum absolute atomic E-state index is 0.544. The zero-order valence-electron chi connectivity index (χ0n) is 16.8. The van der Waals surface area contributed by atoms with Crippen molar-refractivity contribution in [1.82, 2.24) is 14.9 Å². The molecule has 150 valence electrons. The van der Waals surface area contributed by atoms with Crippen LogP contribution in [-0.2, 0) is 0 Å². The summed E-state index contributed by atoms with van der Waals surface area (Å²) in [5.74, 6) is 0.927.